The Kier molecular flexibility index (Phi) is 3.91. The van der Waals surface area contributed by atoms with Crippen molar-refractivity contribution >= 4 is 5.91 Å². The summed E-state index contributed by atoms with van der Waals surface area (Å²) in [5.74, 6) is 1.95. The van der Waals surface area contributed by atoms with Crippen LogP contribution in [0.15, 0.2) is 35.4 Å². The molecular weight excluding hydrogens is 294 g/mol. The molecule has 1 aliphatic carbocycles. The molecule has 2 aromatic heterocycles. The van der Waals surface area contributed by atoms with Crippen LogP contribution in [-0.4, -0.2) is 40.1 Å². The van der Waals surface area contributed by atoms with Crippen LogP contribution in [0.2, 0.25) is 0 Å². The normalized spacial score (nSPS) is 21.0. The Morgan fingerprint density at radius 3 is 2.96 bits per heavy atom. The van der Waals surface area contributed by atoms with Crippen LogP contribution >= 0.6 is 0 Å². The third kappa shape index (κ3) is 3.32. The van der Waals surface area contributed by atoms with Crippen molar-refractivity contribution in [3.8, 4) is 0 Å². The van der Waals surface area contributed by atoms with E-state index in [9.17, 15) is 4.79 Å². The molecule has 0 N–H and O–H groups in total. The van der Waals surface area contributed by atoms with E-state index in [0.29, 0.717) is 25.3 Å². The Bertz CT molecular complexity index is 660. The standard InChI is InChI=1S/C17H21N3O3/c21-17(15-3-6-22-12-15)20-8-14(11-23-10-13-1-2-13)7-19-5-4-18-16(19)9-20/h3-6,12-14H,1-2,7-11H2. The first-order valence-corrected chi connectivity index (χ1v) is 8.19. The van der Waals surface area contributed by atoms with Crippen LogP contribution in [0.3, 0.4) is 0 Å². The van der Waals surface area contributed by atoms with E-state index in [0.717, 1.165) is 24.9 Å². The van der Waals surface area contributed by atoms with Gasteiger partial charge in [-0.25, -0.2) is 4.98 Å². The molecule has 4 rings (SSSR count). The fraction of sp³-hybridized carbons (Fsp3) is 0.529. The third-order valence-electron chi connectivity index (χ3n) is 4.53. The Balaban J connectivity index is 1.48. The average Bonchev–Trinajstić information content (AvgIpc) is 3.07. The molecule has 2 aliphatic rings. The molecule has 1 saturated carbocycles. The van der Waals surface area contributed by atoms with E-state index in [1.807, 2.05) is 11.1 Å². The number of rotatable bonds is 5. The molecule has 3 heterocycles. The van der Waals surface area contributed by atoms with Crippen molar-refractivity contribution in [1.82, 2.24) is 14.5 Å². The highest BCUT2D eigenvalue weighted by Crippen LogP contribution is 2.29. The Labute approximate surface area is 135 Å². The first kappa shape index (κ1) is 14.5. The summed E-state index contributed by atoms with van der Waals surface area (Å²) in [5, 5.41) is 0. The largest absolute Gasteiger partial charge is 0.472 e. The third-order valence-corrected chi connectivity index (χ3v) is 4.53. The molecule has 1 fully saturated rings. The number of nitrogens with zero attached hydrogens (tertiary/aromatic N) is 3. The zero-order valence-electron chi connectivity index (χ0n) is 13.1. The lowest BCUT2D eigenvalue weighted by molar-refractivity contribution is 0.0571. The minimum absolute atomic E-state index is 0.0117. The van der Waals surface area contributed by atoms with Gasteiger partial charge in [0.1, 0.15) is 12.1 Å². The summed E-state index contributed by atoms with van der Waals surface area (Å²) in [4.78, 5) is 18.9. The van der Waals surface area contributed by atoms with Gasteiger partial charge in [-0.2, -0.15) is 0 Å². The maximum atomic E-state index is 12.7. The monoisotopic (exact) mass is 315 g/mol. The summed E-state index contributed by atoms with van der Waals surface area (Å²) in [6.45, 7) is 3.58. The number of carbonyl (C=O) groups is 1. The van der Waals surface area contributed by atoms with Crippen molar-refractivity contribution in [2.45, 2.75) is 25.9 Å². The van der Waals surface area contributed by atoms with Crippen LogP contribution in [0.25, 0.3) is 0 Å². The van der Waals surface area contributed by atoms with Gasteiger partial charge < -0.3 is 18.6 Å². The van der Waals surface area contributed by atoms with Crippen molar-refractivity contribution in [2.75, 3.05) is 19.8 Å². The second-order valence-electron chi connectivity index (χ2n) is 6.54. The molecule has 1 aliphatic heterocycles. The van der Waals surface area contributed by atoms with E-state index in [1.165, 1.54) is 25.4 Å². The van der Waals surface area contributed by atoms with Gasteiger partial charge in [0, 0.05) is 38.0 Å². The van der Waals surface area contributed by atoms with E-state index in [1.54, 1.807) is 12.3 Å². The van der Waals surface area contributed by atoms with Gasteiger partial charge in [0.2, 0.25) is 0 Å². The van der Waals surface area contributed by atoms with Crippen molar-refractivity contribution < 1.29 is 13.9 Å². The van der Waals surface area contributed by atoms with Gasteiger partial charge in [-0.3, -0.25) is 4.79 Å². The summed E-state index contributed by atoms with van der Waals surface area (Å²) in [6.07, 6.45) is 9.39. The van der Waals surface area contributed by atoms with Gasteiger partial charge >= 0.3 is 0 Å². The van der Waals surface area contributed by atoms with Gasteiger partial charge in [0.15, 0.2) is 0 Å². The second-order valence-corrected chi connectivity index (χ2v) is 6.54. The van der Waals surface area contributed by atoms with Crippen LogP contribution in [0.1, 0.15) is 29.0 Å². The number of fused-ring (bicyclic) bond motifs is 1. The first-order chi connectivity index (χ1) is 11.3. The van der Waals surface area contributed by atoms with Gasteiger partial charge in [-0.05, 0) is 24.8 Å². The number of ether oxygens (including phenoxy) is 1. The lowest BCUT2D eigenvalue weighted by Crippen LogP contribution is -2.35. The first-order valence-electron chi connectivity index (χ1n) is 8.19. The fourth-order valence-corrected chi connectivity index (χ4v) is 3.06. The zero-order valence-corrected chi connectivity index (χ0v) is 13.1. The lowest BCUT2D eigenvalue weighted by atomic mass is 10.1. The summed E-state index contributed by atoms with van der Waals surface area (Å²) in [6, 6.07) is 1.71. The minimum Gasteiger partial charge on any atom is -0.472 e. The van der Waals surface area contributed by atoms with Gasteiger partial charge in [-0.1, -0.05) is 0 Å². The molecule has 1 unspecified atom stereocenters. The molecule has 2 aromatic rings. The van der Waals surface area contributed by atoms with E-state index in [4.69, 9.17) is 9.15 Å². The minimum atomic E-state index is -0.0117. The number of aromatic nitrogens is 2. The van der Waals surface area contributed by atoms with Crippen molar-refractivity contribution in [3.05, 3.63) is 42.4 Å². The highest BCUT2D eigenvalue weighted by molar-refractivity contribution is 5.93. The quantitative estimate of drug-likeness (QED) is 0.848. The van der Waals surface area contributed by atoms with Gasteiger partial charge in [-0.15, -0.1) is 0 Å². The lowest BCUT2D eigenvalue weighted by Gasteiger charge is -2.23. The number of imidazole rings is 1. The molecule has 0 saturated heterocycles. The molecule has 23 heavy (non-hydrogen) atoms. The number of furan rings is 1. The van der Waals surface area contributed by atoms with Gasteiger partial charge in [0.05, 0.1) is 25.0 Å². The smallest absolute Gasteiger partial charge is 0.257 e. The molecule has 6 nitrogen and oxygen atoms in total. The maximum absolute atomic E-state index is 12.7. The van der Waals surface area contributed by atoms with Crippen LogP contribution in [0, 0.1) is 11.8 Å². The molecule has 1 amide bonds. The van der Waals surface area contributed by atoms with E-state index >= 15 is 0 Å². The molecule has 1 atom stereocenters. The highest BCUT2D eigenvalue weighted by Gasteiger charge is 2.28. The topological polar surface area (TPSA) is 60.5 Å². The molecule has 6 heteroatoms. The molecule has 122 valence electrons. The Morgan fingerprint density at radius 2 is 2.17 bits per heavy atom. The highest BCUT2D eigenvalue weighted by atomic mass is 16.5. The predicted molar refractivity (Wildman–Crippen MR) is 82.7 cm³/mol. The van der Waals surface area contributed by atoms with Crippen LogP contribution < -0.4 is 0 Å². The van der Waals surface area contributed by atoms with E-state index in [2.05, 4.69) is 9.55 Å². The molecule has 0 radical (unpaired) electrons. The maximum Gasteiger partial charge on any atom is 0.257 e. The number of carbonyl (C=O) groups excluding carboxylic acids is 1. The van der Waals surface area contributed by atoms with Crippen molar-refractivity contribution in [3.63, 3.8) is 0 Å². The van der Waals surface area contributed by atoms with Crippen molar-refractivity contribution in [1.29, 1.82) is 0 Å². The number of hydrogen-bond acceptors (Lipinski definition) is 4. The summed E-state index contributed by atoms with van der Waals surface area (Å²) >= 11 is 0. The SMILES string of the molecule is O=C(c1ccoc1)N1Cc2nccn2CC(COCC2CC2)C1. The Hall–Kier alpha value is -2.08. The second kappa shape index (κ2) is 6.20. The number of hydrogen-bond donors (Lipinski definition) is 0. The molecular formula is C17H21N3O3. The summed E-state index contributed by atoms with van der Waals surface area (Å²) in [7, 11) is 0. The summed E-state index contributed by atoms with van der Waals surface area (Å²) in [5.41, 5.74) is 0.586. The Morgan fingerprint density at radius 1 is 1.30 bits per heavy atom. The average molecular weight is 315 g/mol. The van der Waals surface area contributed by atoms with Gasteiger partial charge in [0.25, 0.3) is 5.91 Å². The summed E-state index contributed by atoms with van der Waals surface area (Å²) < 4.78 is 13.0. The number of amides is 1. The van der Waals surface area contributed by atoms with E-state index < -0.39 is 0 Å². The van der Waals surface area contributed by atoms with Crippen LogP contribution in [0.4, 0.5) is 0 Å². The molecule has 0 spiro atoms. The molecule has 0 aromatic carbocycles. The van der Waals surface area contributed by atoms with Crippen LogP contribution in [-0.2, 0) is 17.8 Å². The zero-order chi connectivity index (χ0) is 15.6. The van der Waals surface area contributed by atoms with Crippen LogP contribution in [0.5, 0.6) is 0 Å². The molecule has 0 bridgehead atoms. The fourth-order valence-electron chi connectivity index (χ4n) is 3.06. The van der Waals surface area contributed by atoms with E-state index in [-0.39, 0.29) is 11.8 Å². The predicted octanol–water partition coefficient (Wildman–Crippen LogP) is 2.17. The van der Waals surface area contributed by atoms with Crippen molar-refractivity contribution in [2.24, 2.45) is 11.8 Å².